The maximum Gasteiger partial charge on any atom is 0.246 e. The molecule has 4 rings (SSSR count). The van der Waals surface area contributed by atoms with Crippen LogP contribution in [0.2, 0.25) is 0 Å². The molecule has 2 N–H and O–H groups in total. The zero-order valence-corrected chi connectivity index (χ0v) is 16.1. The monoisotopic (exact) mass is 378 g/mol. The Kier molecular flexibility index (Phi) is 5.29. The van der Waals surface area contributed by atoms with E-state index in [4.69, 9.17) is 10.8 Å². The molecule has 1 amide bonds. The molecule has 0 aromatic carbocycles. The number of likely N-dealkylation sites (tertiary alicyclic amines) is 1. The summed E-state index contributed by atoms with van der Waals surface area (Å²) in [6, 6.07) is 0.0415. The topological polar surface area (TPSA) is 89.9 Å². The van der Waals surface area contributed by atoms with Crippen LogP contribution < -0.4 is 5.73 Å². The third kappa shape index (κ3) is 3.59. The Morgan fingerprint density at radius 2 is 2.11 bits per heavy atom. The van der Waals surface area contributed by atoms with Crippen molar-refractivity contribution >= 4 is 22.8 Å². The molecule has 3 heterocycles. The molecular weight excluding hydrogens is 352 g/mol. The van der Waals surface area contributed by atoms with Crippen molar-refractivity contribution < 1.29 is 4.79 Å². The molecule has 1 saturated carbocycles. The molecule has 1 saturated heterocycles. The Morgan fingerprint density at radius 3 is 2.89 bits per heavy atom. The molecule has 7 nitrogen and oxygen atoms in total. The molecule has 2 aromatic heterocycles. The second kappa shape index (κ2) is 8.01. The van der Waals surface area contributed by atoms with Crippen molar-refractivity contribution in [1.82, 2.24) is 24.6 Å². The fourth-order valence-corrected chi connectivity index (χ4v) is 4.31. The maximum atomic E-state index is 12.0. The number of rotatable bonds is 3. The Labute approximate surface area is 165 Å². The number of piperidine rings is 1. The second-order valence-electron chi connectivity index (χ2n) is 7.69. The zero-order chi connectivity index (χ0) is 19.5. The SMILES string of the molecule is C=CC(=O)N1CCCC(n2nc(C#CCC3CCCC3)c3c(N)ncnc32)C1. The fraction of sp³-hybridized carbons (Fsp3) is 0.524. The molecule has 1 unspecified atom stereocenters. The molecular formula is C21H26N6O. The second-order valence-corrected chi connectivity index (χ2v) is 7.69. The molecule has 0 bridgehead atoms. The lowest BCUT2D eigenvalue weighted by atomic mass is 10.0. The fourth-order valence-electron chi connectivity index (χ4n) is 4.31. The normalized spacial score (nSPS) is 20.1. The number of anilines is 1. The van der Waals surface area contributed by atoms with E-state index in [1.807, 2.05) is 9.58 Å². The van der Waals surface area contributed by atoms with E-state index in [1.54, 1.807) is 0 Å². The van der Waals surface area contributed by atoms with E-state index in [1.165, 1.54) is 38.1 Å². The van der Waals surface area contributed by atoms with Crippen LogP contribution in [0.1, 0.15) is 56.7 Å². The molecule has 0 radical (unpaired) electrons. The summed E-state index contributed by atoms with van der Waals surface area (Å²) in [7, 11) is 0. The quantitative estimate of drug-likeness (QED) is 0.655. The number of amides is 1. The lowest BCUT2D eigenvalue weighted by Crippen LogP contribution is -2.40. The van der Waals surface area contributed by atoms with Gasteiger partial charge in [-0.05, 0) is 43.6 Å². The summed E-state index contributed by atoms with van der Waals surface area (Å²) in [5, 5.41) is 5.47. The van der Waals surface area contributed by atoms with Crippen LogP contribution in [0.3, 0.4) is 0 Å². The van der Waals surface area contributed by atoms with Crippen LogP contribution in [0.15, 0.2) is 19.0 Å². The van der Waals surface area contributed by atoms with E-state index < -0.39 is 0 Å². The van der Waals surface area contributed by atoms with Crippen molar-refractivity contribution in [2.45, 2.75) is 51.0 Å². The number of aromatic nitrogens is 4. The van der Waals surface area contributed by atoms with Gasteiger partial charge >= 0.3 is 0 Å². The average molecular weight is 378 g/mol. The van der Waals surface area contributed by atoms with Crippen LogP contribution in [0, 0.1) is 17.8 Å². The molecule has 7 heteroatoms. The highest BCUT2D eigenvalue weighted by molar-refractivity contribution is 5.90. The van der Waals surface area contributed by atoms with Gasteiger partial charge in [-0.3, -0.25) is 4.79 Å². The van der Waals surface area contributed by atoms with Gasteiger partial charge in [0.05, 0.1) is 11.4 Å². The summed E-state index contributed by atoms with van der Waals surface area (Å²) in [5.74, 6) is 7.57. The van der Waals surface area contributed by atoms with Crippen molar-refractivity contribution in [3.05, 3.63) is 24.7 Å². The van der Waals surface area contributed by atoms with E-state index in [9.17, 15) is 4.79 Å². The van der Waals surface area contributed by atoms with Crippen molar-refractivity contribution in [3.8, 4) is 11.8 Å². The largest absolute Gasteiger partial charge is 0.383 e. The number of fused-ring (bicyclic) bond motifs is 1. The van der Waals surface area contributed by atoms with Gasteiger partial charge in [0, 0.05) is 19.5 Å². The summed E-state index contributed by atoms with van der Waals surface area (Å²) >= 11 is 0. The Morgan fingerprint density at radius 1 is 1.29 bits per heavy atom. The van der Waals surface area contributed by atoms with Crippen molar-refractivity contribution in [2.75, 3.05) is 18.8 Å². The lowest BCUT2D eigenvalue weighted by Gasteiger charge is -2.32. The first-order chi connectivity index (χ1) is 13.7. The number of nitrogen functional groups attached to an aromatic ring is 1. The minimum Gasteiger partial charge on any atom is -0.383 e. The maximum absolute atomic E-state index is 12.0. The van der Waals surface area contributed by atoms with Crippen LogP contribution in [-0.2, 0) is 4.79 Å². The van der Waals surface area contributed by atoms with Crippen LogP contribution in [-0.4, -0.2) is 43.6 Å². The van der Waals surface area contributed by atoms with Crippen LogP contribution in [0.4, 0.5) is 5.82 Å². The number of hydrogen-bond acceptors (Lipinski definition) is 5. The van der Waals surface area contributed by atoms with Gasteiger partial charge in [-0.1, -0.05) is 25.3 Å². The first-order valence-corrected chi connectivity index (χ1v) is 10.1. The minimum absolute atomic E-state index is 0.0415. The number of hydrogen-bond donors (Lipinski definition) is 1. The van der Waals surface area contributed by atoms with Crippen molar-refractivity contribution in [2.24, 2.45) is 5.92 Å². The predicted octanol–water partition coefficient (Wildman–Crippen LogP) is 2.69. The van der Waals surface area contributed by atoms with E-state index in [-0.39, 0.29) is 11.9 Å². The van der Waals surface area contributed by atoms with Crippen LogP contribution >= 0.6 is 0 Å². The van der Waals surface area contributed by atoms with Gasteiger partial charge in [-0.25, -0.2) is 14.6 Å². The molecule has 1 aliphatic heterocycles. The summed E-state index contributed by atoms with van der Waals surface area (Å²) in [6.07, 6.45) is 10.7. The molecule has 2 aliphatic rings. The Hall–Kier alpha value is -2.88. The highest BCUT2D eigenvalue weighted by Crippen LogP contribution is 2.29. The van der Waals surface area contributed by atoms with E-state index >= 15 is 0 Å². The first-order valence-electron chi connectivity index (χ1n) is 10.1. The van der Waals surface area contributed by atoms with Gasteiger partial charge in [0.2, 0.25) is 5.91 Å². The van der Waals surface area contributed by atoms with E-state index in [0.29, 0.717) is 35.0 Å². The zero-order valence-electron chi connectivity index (χ0n) is 16.1. The number of carbonyl (C=O) groups is 1. The lowest BCUT2D eigenvalue weighted by molar-refractivity contribution is -0.127. The summed E-state index contributed by atoms with van der Waals surface area (Å²) in [4.78, 5) is 22.4. The molecule has 28 heavy (non-hydrogen) atoms. The number of carbonyl (C=O) groups excluding carboxylic acids is 1. The van der Waals surface area contributed by atoms with Gasteiger partial charge in [0.1, 0.15) is 17.8 Å². The molecule has 2 aromatic rings. The molecule has 1 aliphatic carbocycles. The highest BCUT2D eigenvalue weighted by Gasteiger charge is 2.27. The smallest absolute Gasteiger partial charge is 0.246 e. The highest BCUT2D eigenvalue weighted by atomic mass is 16.2. The van der Waals surface area contributed by atoms with Gasteiger partial charge in [0.25, 0.3) is 0 Å². The van der Waals surface area contributed by atoms with Crippen LogP contribution in [0.25, 0.3) is 11.0 Å². The van der Waals surface area contributed by atoms with Crippen molar-refractivity contribution in [3.63, 3.8) is 0 Å². The van der Waals surface area contributed by atoms with Crippen molar-refractivity contribution in [1.29, 1.82) is 0 Å². The standard InChI is InChI=1S/C21H26N6O/c1-2-18(28)26-12-6-10-16(13-26)27-21-19(20(22)23-14-24-21)17(25-27)11-5-9-15-7-3-4-8-15/h2,14-16H,1,3-4,6-10,12-13H2,(H2,22,23,24). The van der Waals surface area contributed by atoms with Gasteiger partial charge in [-0.2, -0.15) is 5.10 Å². The summed E-state index contributed by atoms with van der Waals surface area (Å²) in [5.41, 5.74) is 7.47. The first kappa shape index (κ1) is 18.5. The van der Waals surface area contributed by atoms with Gasteiger partial charge < -0.3 is 10.6 Å². The summed E-state index contributed by atoms with van der Waals surface area (Å²) in [6.45, 7) is 4.92. The predicted molar refractivity (Wildman–Crippen MR) is 108 cm³/mol. The molecule has 0 spiro atoms. The Bertz CT molecular complexity index is 947. The van der Waals surface area contributed by atoms with E-state index in [2.05, 4.69) is 28.4 Å². The van der Waals surface area contributed by atoms with E-state index in [0.717, 1.165) is 25.8 Å². The van der Waals surface area contributed by atoms with Gasteiger partial charge in [-0.15, -0.1) is 0 Å². The number of nitrogens with two attached hydrogens (primary N) is 1. The third-order valence-corrected chi connectivity index (χ3v) is 5.82. The molecule has 2 fully saturated rings. The minimum atomic E-state index is -0.0492. The summed E-state index contributed by atoms with van der Waals surface area (Å²) < 4.78 is 1.88. The van der Waals surface area contributed by atoms with Crippen LogP contribution in [0.5, 0.6) is 0 Å². The third-order valence-electron chi connectivity index (χ3n) is 5.82. The molecule has 146 valence electrons. The van der Waals surface area contributed by atoms with Gasteiger partial charge in [0.15, 0.2) is 5.65 Å². The Balaban J connectivity index is 1.65. The molecule has 1 atom stereocenters. The average Bonchev–Trinajstić information content (AvgIpc) is 3.36. The number of nitrogens with zero attached hydrogens (tertiary/aromatic N) is 5.